The van der Waals surface area contributed by atoms with Crippen LogP contribution in [0.15, 0.2) is 22.7 Å². The summed E-state index contributed by atoms with van der Waals surface area (Å²) in [6.07, 6.45) is 2.05. The first-order valence-corrected chi connectivity index (χ1v) is 7.73. The highest BCUT2D eigenvalue weighted by Crippen LogP contribution is 2.25. The molecule has 0 amide bonds. The van der Waals surface area contributed by atoms with Gasteiger partial charge in [0.2, 0.25) is 0 Å². The lowest BCUT2D eigenvalue weighted by Crippen LogP contribution is -2.54. The van der Waals surface area contributed by atoms with Gasteiger partial charge in [-0.25, -0.2) is 4.39 Å². The first-order valence-electron chi connectivity index (χ1n) is 6.93. The van der Waals surface area contributed by atoms with Crippen molar-refractivity contribution in [1.82, 2.24) is 10.2 Å². The molecule has 3 nitrogen and oxygen atoms in total. The van der Waals surface area contributed by atoms with Crippen molar-refractivity contribution in [2.45, 2.75) is 24.9 Å². The Labute approximate surface area is 128 Å². The van der Waals surface area contributed by atoms with Gasteiger partial charge in [0.15, 0.2) is 0 Å². The molecular weight excluding hydrogens is 323 g/mol. The summed E-state index contributed by atoms with van der Waals surface area (Å²) in [5.74, 6) is -0.196. The quantitative estimate of drug-likeness (QED) is 0.888. The van der Waals surface area contributed by atoms with Gasteiger partial charge in [0.1, 0.15) is 5.82 Å². The van der Waals surface area contributed by atoms with Crippen LogP contribution in [0.2, 0.25) is 0 Å². The molecule has 0 spiro atoms. The standard InChI is InChI=1S/C15H22BrFN2O/c1-19(2)15(5-7-20-8-6-15)11-18-10-12-9-13(17)3-4-14(12)16/h3-4,9,18H,5-8,10-11H2,1-2H3. The Kier molecular flexibility index (Phi) is 5.55. The molecule has 0 bridgehead atoms. The fraction of sp³-hybridized carbons (Fsp3) is 0.600. The molecule has 112 valence electrons. The molecule has 1 fully saturated rings. The number of rotatable bonds is 5. The van der Waals surface area contributed by atoms with Crippen LogP contribution in [0.3, 0.4) is 0 Å². The number of hydrogen-bond donors (Lipinski definition) is 1. The summed E-state index contributed by atoms with van der Waals surface area (Å²) in [6, 6.07) is 4.79. The molecule has 1 heterocycles. The molecule has 1 N–H and O–H groups in total. The molecule has 5 heteroatoms. The molecule has 0 atom stereocenters. The van der Waals surface area contributed by atoms with Crippen molar-refractivity contribution in [3.8, 4) is 0 Å². The number of ether oxygens (including phenoxy) is 1. The number of benzene rings is 1. The summed E-state index contributed by atoms with van der Waals surface area (Å²) in [5.41, 5.74) is 1.09. The Bertz CT molecular complexity index is 447. The molecule has 2 rings (SSSR count). The molecule has 0 aliphatic carbocycles. The normalized spacial score (nSPS) is 18.4. The van der Waals surface area contributed by atoms with E-state index in [4.69, 9.17) is 4.74 Å². The number of nitrogens with zero attached hydrogens (tertiary/aromatic N) is 1. The van der Waals surface area contributed by atoms with Crippen LogP contribution in [0.5, 0.6) is 0 Å². The van der Waals surface area contributed by atoms with Gasteiger partial charge in [-0.1, -0.05) is 15.9 Å². The fourth-order valence-corrected chi connectivity index (χ4v) is 3.03. The van der Waals surface area contributed by atoms with Crippen LogP contribution in [0.1, 0.15) is 18.4 Å². The third kappa shape index (κ3) is 3.79. The van der Waals surface area contributed by atoms with Gasteiger partial charge in [-0.2, -0.15) is 0 Å². The third-order valence-electron chi connectivity index (χ3n) is 4.15. The predicted octanol–water partition coefficient (Wildman–Crippen LogP) is 2.79. The number of nitrogens with one attached hydrogen (secondary N) is 1. The molecule has 20 heavy (non-hydrogen) atoms. The Morgan fingerprint density at radius 3 is 2.70 bits per heavy atom. The van der Waals surface area contributed by atoms with Gasteiger partial charge in [-0.3, -0.25) is 0 Å². The summed E-state index contributed by atoms with van der Waals surface area (Å²) < 4.78 is 19.7. The largest absolute Gasteiger partial charge is 0.381 e. The summed E-state index contributed by atoms with van der Waals surface area (Å²) in [4.78, 5) is 2.28. The highest BCUT2D eigenvalue weighted by molar-refractivity contribution is 9.10. The SMILES string of the molecule is CN(C)C1(CNCc2cc(F)ccc2Br)CCOCC1. The number of likely N-dealkylation sites (N-methyl/N-ethyl adjacent to an activating group) is 1. The fourth-order valence-electron chi connectivity index (χ4n) is 2.64. The lowest BCUT2D eigenvalue weighted by atomic mass is 9.88. The van der Waals surface area contributed by atoms with E-state index in [-0.39, 0.29) is 11.4 Å². The zero-order chi connectivity index (χ0) is 14.6. The third-order valence-corrected chi connectivity index (χ3v) is 4.92. The Balaban J connectivity index is 1.95. The highest BCUT2D eigenvalue weighted by Gasteiger charge is 2.34. The molecule has 1 aromatic rings. The van der Waals surface area contributed by atoms with E-state index >= 15 is 0 Å². The second-order valence-corrected chi connectivity index (χ2v) is 6.42. The van der Waals surface area contributed by atoms with Crippen LogP contribution in [-0.4, -0.2) is 44.3 Å². The molecule has 0 aromatic heterocycles. The average Bonchev–Trinajstić information content (AvgIpc) is 2.43. The Morgan fingerprint density at radius 1 is 1.35 bits per heavy atom. The second kappa shape index (κ2) is 6.98. The van der Waals surface area contributed by atoms with Crippen molar-refractivity contribution < 1.29 is 9.13 Å². The molecular formula is C15H22BrFN2O. The minimum atomic E-state index is -0.196. The topological polar surface area (TPSA) is 24.5 Å². The van der Waals surface area contributed by atoms with E-state index in [9.17, 15) is 4.39 Å². The molecule has 1 aliphatic heterocycles. The Hall–Kier alpha value is -0.490. The monoisotopic (exact) mass is 344 g/mol. The van der Waals surface area contributed by atoms with E-state index in [1.807, 2.05) is 0 Å². The van der Waals surface area contributed by atoms with Gasteiger partial charge in [0, 0.05) is 36.3 Å². The molecule has 0 radical (unpaired) electrons. The average molecular weight is 345 g/mol. The summed E-state index contributed by atoms with van der Waals surface area (Å²) >= 11 is 3.46. The number of hydrogen-bond acceptors (Lipinski definition) is 3. The molecule has 1 saturated heterocycles. The first kappa shape index (κ1) is 15.9. The lowest BCUT2D eigenvalue weighted by Gasteiger charge is -2.43. The van der Waals surface area contributed by atoms with E-state index in [0.717, 1.165) is 42.6 Å². The second-order valence-electron chi connectivity index (χ2n) is 5.57. The highest BCUT2D eigenvalue weighted by atomic mass is 79.9. The van der Waals surface area contributed by atoms with Gasteiger partial charge in [0.05, 0.1) is 0 Å². The zero-order valence-corrected chi connectivity index (χ0v) is 13.7. The minimum absolute atomic E-state index is 0.137. The lowest BCUT2D eigenvalue weighted by molar-refractivity contribution is -0.00716. The van der Waals surface area contributed by atoms with Crippen LogP contribution in [0, 0.1) is 5.82 Å². The molecule has 1 aromatic carbocycles. The smallest absolute Gasteiger partial charge is 0.123 e. The van der Waals surface area contributed by atoms with Crippen molar-refractivity contribution in [2.24, 2.45) is 0 Å². The van der Waals surface area contributed by atoms with Gasteiger partial charge in [-0.15, -0.1) is 0 Å². The van der Waals surface area contributed by atoms with Crippen molar-refractivity contribution in [3.63, 3.8) is 0 Å². The summed E-state index contributed by atoms with van der Waals surface area (Å²) in [5, 5.41) is 3.47. The maximum Gasteiger partial charge on any atom is 0.123 e. The van der Waals surface area contributed by atoms with E-state index in [0.29, 0.717) is 6.54 Å². The van der Waals surface area contributed by atoms with Crippen molar-refractivity contribution in [2.75, 3.05) is 33.9 Å². The van der Waals surface area contributed by atoms with Crippen LogP contribution in [0.25, 0.3) is 0 Å². The van der Waals surface area contributed by atoms with Gasteiger partial charge in [0.25, 0.3) is 0 Å². The van der Waals surface area contributed by atoms with E-state index in [1.165, 1.54) is 6.07 Å². The Morgan fingerprint density at radius 2 is 2.05 bits per heavy atom. The minimum Gasteiger partial charge on any atom is -0.381 e. The van der Waals surface area contributed by atoms with E-state index in [2.05, 4.69) is 40.2 Å². The van der Waals surface area contributed by atoms with Gasteiger partial charge in [-0.05, 0) is 50.7 Å². The summed E-state index contributed by atoms with van der Waals surface area (Å²) in [6.45, 7) is 3.16. The van der Waals surface area contributed by atoms with Crippen LogP contribution < -0.4 is 5.32 Å². The van der Waals surface area contributed by atoms with Crippen molar-refractivity contribution in [1.29, 1.82) is 0 Å². The van der Waals surface area contributed by atoms with E-state index in [1.54, 1.807) is 12.1 Å². The van der Waals surface area contributed by atoms with Crippen molar-refractivity contribution in [3.05, 3.63) is 34.1 Å². The van der Waals surface area contributed by atoms with Gasteiger partial charge >= 0.3 is 0 Å². The molecule has 0 unspecified atom stereocenters. The maximum absolute atomic E-state index is 13.3. The number of halogens is 2. The van der Waals surface area contributed by atoms with Crippen LogP contribution in [-0.2, 0) is 11.3 Å². The van der Waals surface area contributed by atoms with Crippen LogP contribution >= 0.6 is 15.9 Å². The summed E-state index contributed by atoms with van der Waals surface area (Å²) in [7, 11) is 4.23. The zero-order valence-electron chi connectivity index (χ0n) is 12.1. The first-order chi connectivity index (χ1) is 9.53. The van der Waals surface area contributed by atoms with Crippen LogP contribution in [0.4, 0.5) is 4.39 Å². The molecule has 0 saturated carbocycles. The predicted molar refractivity (Wildman–Crippen MR) is 82.3 cm³/mol. The van der Waals surface area contributed by atoms with Crippen molar-refractivity contribution >= 4 is 15.9 Å². The maximum atomic E-state index is 13.3. The van der Waals surface area contributed by atoms with E-state index < -0.39 is 0 Å². The molecule has 1 aliphatic rings. The van der Waals surface area contributed by atoms with Gasteiger partial charge < -0.3 is 15.0 Å².